The average molecular weight is 1260 g/mol. The number of unbranched alkanes of at least 4 members (excludes halogenated alkanes) is 4. The van der Waals surface area contributed by atoms with E-state index in [1.54, 1.807) is 36.4 Å². The Labute approximate surface area is 505 Å². The second-order valence-electron chi connectivity index (χ2n) is 20.6. The third-order valence-corrected chi connectivity index (χ3v) is 18.5. The van der Waals surface area contributed by atoms with Gasteiger partial charge < -0.3 is 48.9 Å². The fraction of sp³-hybridized carbons (Fsp3) is 0.559. The molecule has 2 amide bonds. The Balaban J connectivity index is 0.646. The van der Waals surface area contributed by atoms with E-state index in [1.165, 1.54) is 0 Å². The summed E-state index contributed by atoms with van der Waals surface area (Å²) in [5, 5.41) is 8.06. The van der Waals surface area contributed by atoms with Crippen molar-refractivity contribution in [3.05, 3.63) is 126 Å². The maximum absolute atomic E-state index is 13.0. The first kappa shape index (κ1) is 67.6. The number of urea groups is 1. The summed E-state index contributed by atoms with van der Waals surface area (Å²) in [6.45, 7) is 8.23. The molecule has 2 heterocycles. The van der Waals surface area contributed by atoms with E-state index in [1.807, 2.05) is 50.5 Å². The third-order valence-electron chi connectivity index (χ3n) is 14.1. The zero-order chi connectivity index (χ0) is 58.7. The number of sulfone groups is 1. The monoisotopic (exact) mass is 1260 g/mol. The van der Waals surface area contributed by atoms with Gasteiger partial charge in [0.15, 0.2) is 9.84 Å². The molecular weight excluding hydrogens is 1180 g/mol. The van der Waals surface area contributed by atoms with Crippen molar-refractivity contribution in [3.8, 4) is 0 Å². The fourth-order valence-electron chi connectivity index (χ4n) is 9.91. The van der Waals surface area contributed by atoms with Crippen LogP contribution in [-0.4, -0.2) is 170 Å². The Morgan fingerprint density at radius 2 is 0.927 bits per heavy atom. The van der Waals surface area contributed by atoms with Crippen molar-refractivity contribution in [1.82, 2.24) is 25.2 Å². The van der Waals surface area contributed by atoms with E-state index in [9.17, 15) is 26.4 Å². The summed E-state index contributed by atoms with van der Waals surface area (Å²) in [4.78, 5) is 29.2. The number of ketones is 1. The maximum atomic E-state index is 13.0. The molecule has 0 spiro atoms. The molecule has 0 fully saturated rings. The Morgan fingerprint density at radius 3 is 1.46 bits per heavy atom. The number of fused-ring (bicyclic) bond motifs is 2. The number of amides is 2. The summed E-state index contributed by atoms with van der Waals surface area (Å²) in [6, 6.07) is 21.2. The minimum absolute atomic E-state index is 0.0104. The number of nitrogens with zero attached hydrogens (tertiary/aromatic N) is 2. The summed E-state index contributed by atoms with van der Waals surface area (Å²) in [7, 11) is -3.13. The van der Waals surface area contributed by atoms with Crippen molar-refractivity contribution in [2.45, 2.75) is 92.5 Å². The SMILES string of the molecule is CN1Cc2c(Cl)cc(Cl)cc2C(c2ccc(S(=O)(=O)CCCOCCOCCOCCCC(=O)CCCCCCCNC(=O)NCCOCCOCCOCCNS(=O)(=O)c3ccc(C4CN(C)Cc5c(Cl)cc(Cl)cc54)cc3)cc2)C1. The number of Topliss-reactive ketones (excluding diaryl/α,β-unsaturated/α-hetero) is 1. The van der Waals surface area contributed by atoms with Crippen molar-refractivity contribution in [2.75, 3.05) is 132 Å². The molecular formula is C59H81Cl4N5O12S2. The van der Waals surface area contributed by atoms with Crippen LogP contribution in [-0.2, 0) is 66.2 Å². The molecule has 2 atom stereocenters. The largest absolute Gasteiger partial charge is 0.379 e. The molecule has 3 N–H and O–H groups in total. The summed E-state index contributed by atoms with van der Waals surface area (Å²) in [5.41, 5.74) is 6.20. The molecule has 4 aromatic carbocycles. The zero-order valence-electron chi connectivity index (χ0n) is 47.2. The summed E-state index contributed by atoms with van der Waals surface area (Å²) in [6.07, 6.45) is 6.71. The Morgan fingerprint density at radius 1 is 0.500 bits per heavy atom. The molecule has 6 rings (SSSR count). The Kier molecular flexibility index (Phi) is 29.6. The Hall–Kier alpha value is -3.48. The van der Waals surface area contributed by atoms with Crippen LogP contribution in [0, 0.1) is 0 Å². The lowest BCUT2D eigenvalue weighted by atomic mass is 9.85. The number of nitrogens with one attached hydrogen (secondary N) is 3. The number of benzene rings is 4. The number of ether oxygens (including phenoxy) is 6. The van der Waals surface area contributed by atoms with Crippen LogP contribution in [0.3, 0.4) is 0 Å². The van der Waals surface area contributed by atoms with Gasteiger partial charge in [0.1, 0.15) is 5.78 Å². The van der Waals surface area contributed by atoms with Gasteiger partial charge in [-0.3, -0.25) is 4.79 Å². The number of hydrogen-bond acceptors (Lipinski definition) is 14. The van der Waals surface area contributed by atoms with Crippen molar-refractivity contribution in [1.29, 1.82) is 0 Å². The fourth-order valence-corrected chi connectivity index (χ4v) is 13.3. The van der Waals surface area contributed by atoms with Crippen LogP contribution in [0.5, 0.6) is 0 Å². The first-order valence-electron chi connectivity index (χ1n) is 28.3. The molecule has 2 unspecified atom stereocenters. The molecule has 82 heavy (non-hydrogen) atoms. The lowest BCUT2D eigenvalue weighted by molar-refractivity contribution is -0.119. The van der Waals surface area contributed by atoms with E-state index < -0.39 is 19.9 Å². The topological polar surface area (TPSA) is 200 Å². The van der Waals surface area contributed by atoms with Gasteiger partial charge in [-0.2, -0.15) is 0 Å². The molecule has 23 heteroatoms. The highest BCUT2D eigenvalue weighted by molar-refractivity contribution is 7.91. The molecule has 4 aromatic rings. The number of carbonyl (C=O) groups excluding carboxylic acids is 2. The van der Waals surface area contributed by atoms with E-state index in [-0.39, 0.29) is 52.3 Å². The van der Waals surface area contributed by atoms with E-state index in [2.05, 4.69) is 25.2 Å². The normalized spacial score (nSPS) is 15.8. The van der Waals surface area contributed by atoms with Gasteiger partial charge in [0.2, 0.25) is 10.0 Å². The molecule has 0 radical (unpaired) electrons. The highest BCUT2D eigenvalue weighted by atomic mass is 35.5. The quantitative estimate of drug-likeness (QED) is 0.0357. The summed E-state index contributed by atoms with van der Waals surface area (Å²) in [5.74, 6) is 0.264. The van der Waals surface area contributed by atoms with Gasteiger partial charge in [-0.15, -0.1) is 0 Å². The van der Waals surface area contributed by atoms with Gasteiger partial charge in [0.05, 0.1) is 81.6 Å². The van der Waals surface area contributed by atoms with Crippen molar-refractivity contribution in [2.24, 2.45) is 0 Å². The van der Waals surface area contributed by atoms with E-state index >= 15 is 0 Å². The average Bonchev–Trinajstić information content (AvgIpc) is 3.54. The molecule has 0 bridgehead atoms. The van der Waals surface area contributed by atoms with Crippen LogP contribution >= 0.6 is 46.4 Å². The van der Waals surface area contributed by atoms with E-state index in [0.717, 1.165) is 91.7 Å². The minimum Gasteiger partial charge on any atom is -0.379 e. The second-order valence-corrected chi connectivity index (χ2v) is 26.2. The van der Waals surface area contributed by atoms with Gasteiger partial charge in [-0.05, 0) is 122 Å². The van der Waals surface area contributed by atoms with Crippen molar-refractivity contribution in [3.63, 3.8) is 0 Å². The van der Waals surface area contributed by atoms with Crippen LogP contribution in [0.2, 0.25) is 20.1 Å². The van der Waals surface area contributed by atoms with Gasteiger partial charge in [0, 0.05) is 104 Å². The van der Waals surface area contributed by atoms with Crippen LogP contribution < -0.4 is 15.4 Å². The second kappa shape index (κ2) is 35.9. The van der Waals surface area contributed by atoms with Gasteiger partial charge in [-0.1, -0.05) is 89.9 Å². The molecule has 0 saturated heterocycles. The predicted molar refractivity (Wildman–Crippen MR) is 322 cm³/mol. The smallest absolute Gasteiger partial charge is 0.314 e. The number of likely N-dealkylation sites (N-methyl/N-ethyl adjacent to an activating group) is 2. The lowest BCUT2D eigenvalue weighted by Gasteiger charge is -2.33. The highest BCUT2D eigenvalue weighted by Crippen LogP contribution is 2.40. The summed E-state index contributed by atoms with van der Waals surface area (Å²) < 4.78 is 87.8. The third kappa shape index (κ3) is 23.1. The number of hydrogen-bond donors (Lipinski definition) is 3. The number of halogens is 4. The standard InChI is InChI=1S/C59H81Cl4N5O12S2/c1-67-40-53(51-36-46(60)38-57(62)55(51)42-67)44-12-16-49(17-13-44)81(71,72)35-9-24-76-28-32-79-31-27-75-23-8-11-48(69)10-6-4-3-5-7-20-64-59(70)65-21-25-77-29-33-80-34-30-78-26-22-66-82(73,74)50-18-14-45(15-19-50)54-41-68(2)43-56-52(54)37-47(61)39-58(56)63/h12-19,36-39,53-54,66H,3-11,20-35,40-43H2,1-2H3,(H2,64,65,70). The molecule has 17 nitrogen and oxygen atoms in total. The van der Waals surface area contributed by atoms with Crippen molar-refractivity contribution < 1.29 is 54.8 Å². The zero-order valence-corrected chi connectivity index (χ0v) is 51.9. The lowest BCUT2D eigenvalue weighted by Crippen LogP contribution is -2.37. The van der Waals surface area contributed by atoms with Crippen LogP contribution in [0.25, 0.3) is 0 Å². The van der Waals surface area contributed by atoms with Crippen molar-refractivity contribution >= 4 is 78.1 Å². The van der Waals surface area contributed by atoms with Crippen LogP contribution in [0.4, 0.5) is 4.79 Å². The number of sulfonamides is 1. The molecule has 0 aromatic heterocycles. The maximum Gasteiger partial charge on any atom is 0.314 e. The van der Waals surface area contributed by atoms with E-state index in [0.29, 0.717) is 132 Å². The highest BCUT2D eigenvalue weighted by Gasteiger charge is 2.29. The summed E-state index contributed by atoms with van der Waals surface area (Å²) >= 11 is 25.7. The predicted octanol–water partition coefficient (Wildman–Crippen LogP) is 9.69. The first-order chi connectivity index (χ1) is 39.5. The van der Waals surface area contributed by atoms with Gasteiger partial charge in [0.25, 0.3) is 0 Å². The van der Waals surface area contributed by atoms with Crippen LogP contribution in [0.1, 0.15) is 103 Å². The molecule has 2 aliphatic rings. The minimum atomic E-state index is -3.72. The molecule has 0 aliphatic carbocycles. The van der Waals surface area contributed by atoms with E-state index in [4.69, 9.17) is 74.8 Å². The number of rotatable bonds is 39. The Bertz CT molecular complexity index is 2650. The number of carbonyl (C=O) groups is 2. The molecule has 454 valence electrons. The molecule has 0 saturated carbocycles. The molecule has 2 aliphatic heterocycles. The van der Waals surface area contributed by atoms with Crippen LogP contribution in [0.15, 0.2) is 82.6 Å². The first-order valence-corrected chi connectivity index (χ1v) is 32.9. The van der Waals surface area contributed by atoms with Gasteiger partial charge in [-0.25, -0.2) is 26.4 Å². The van der Waals surface area contributed by atoms with Gasteiger partial charge >= 0.3 is 6.03 Å².